The normalized spacial score (nSPS) is 11.5. The minimum Gasteiger partial charge on any atom is -0.465 e. The van der Waals surface area contributed by atoms with E-state index >= 15 is 0 Å². The maximum absolute atomic E-state index is 12.4. The minimum absolute atomic E-state index is 0.0847. The molecule has 1 aromatic rings. The van der Waals surface area contributed by atoms with Crippen LogP contribution in [0.1, 0.15) is 57.5 Å². The number of rotatable bonds is 4. The van der Waals surface area contributed by atoms with Crippen LogP contribution in [0.15, 0.2) is 24.3 Å². The predicted octanol–water partition coefficient (Wildman–Crippen LogP) is 4.19. The van der Waals surface area contributed by atoms with Gasteiger partial charge in [-0.2, -0.15) is 0 Å². The Hall–Kier alpha value is -2.57. The number of ether oxygens (including phenoxy) is 3. The number of esters is 1. The van der Waals surface area contributed by atoms with Gasteiger partial charge in [-0.15, -0.1) is 0 Å². The Morgan fingerprint density at radius 2 is 1.30 bits per heavy atom. The lowest BCUT2D eigenvalue weighted by atomic mass is 10.1. The van der Waals surface area contributed by atoms with E-state index in [0.29, 0.717) is 12.0 Å². The van der Waals surface area contributed by atoms with Crippen LogP contribution in [0, 0.1) is 0 Å². The summed E-state index contributed by atoms with van der Waals surface area (Å²) < 4.78 is 15.3. The van der Waals surface area contributed by atoms with E-state index in [1.807, 2.05) is 0 Å². The SMILES string of the molecule is COC(=O)c1ccc(CCN(C(=O)OC(C)(C)C)C(=O)OC(C)(C)C)cc1. The second-order valence-corrected chi connectivity index (χ2v) is 8.05. The number of hydrogen-bond donors (Lipinski definition) is 0. The number of hydrogen-bond acceptors (Lipinski definition) is 6. The first-order valence-electron chi connectivity index (χ1n) is 8.73. The topological polar surface area (TPSA) is 82.1 Å². The first-order chi connectivity index (χ1) is 12.3. The zero-order chi connectivity index (χ0) is 20.8. The van der Waals surface area contributed by atoms with Crippen molar-refractivity contribution in [2.45, 2.75) is 59.2 Å². The van der Waals surface area contributed by atoms with Crippen LogP contribution in [0.25, 0.3) is 0 Å². The van der Waals surface area contributed by atoms with Crippen molar-refractivity contribution in [1.82, 2.24) is 4.90 Å². The fourth-order valence-electron chi connectivity index (χ4n) is 2.06. The molecular weight excluding hydrogens is 350 g/mol. The summed E-state index contributed by atoms with van der Waals surface area (Å²) in [7, 11) is 1.32. The third-order valence-electron chi connectivity index (χ3n) is 3.23. The molecule has 1 rings (SSSR count). The Balaban J connectivity index is 2.88. The van der Waals surface area contributed by atoms with E-state index in [4.69, 9.17) is 9.47 Å². The number of benzene rings is 1. The lowest BCUT2D eigenvalue weighted by molar-refractivity contribution is 0.00169. The third-order valence-corrected chi connectivity index (χ3v) is 3.23. The molecule has 0 heterocycles. The van der Waals surface area contributed by atoms with Crippen molar-refractivity contribution >= 4 is 18.2 Å². The Labute approximate surface area is 160 Å². The Morgan fingerprint density at radius 3 is 1.67 bits per heavy atom. The largest absolute Gasteiger partial charge is 0.465 e. The van der Waals surface area contributed by atoms with Crippen LogP contribution >= 0.6 is 0 Å². The summed E-state index contributed by atoms with van der Waals surface area (Å²) in [6.07, 6.45) is -1.13. The van der Waals surface area contributed by atoms with Crippen LogP contribution in [0.2, 0.25) is 0 Å². The monoisotopic (exact) mass is 379 g/mol. The van der Waals surface area contributed by atoms with Gasteiger partial charge in [-0.25, -0.2) is 19.3 Å². The highest BCUT2D eigenvalue weighted by Crippen LogP contribution is 2.15. The predicted molar refractivity (Wildman–Crippen MR) is 101 cm³/mol. The summed E-state index contributed by atoms with van der Waals surface area (Å²) in [6, 6.07) is 6.75. The molecule has 0 saturated carbocycles. The standard InChI is InChI=1S/C20H29NO6/c1-19(2,3)26-17(23)21(18(24)27-20(4,5)6)13-12-14-8-10-15(11-9-14)16(22)25-7/h8-11H,12-13H2,1-7H3. The highest BCUT2D eigenvalue weighted by Gasteiger charge is 2.30. The van der Waals surface area contributed by atoms with Crippen molar-refractivity contribution in [3.8, 4) is 0 Å². The average Bonchev–Trinajstić information content (AvgIpc) is 2.51. The number of methoxy groups -OCH3 is 1. The molecule has 0 aliphatic rings. The van der Waals surface area contributed by atoms with Gasteiger partial charge in [0.25, 0.3) is 0 Å². The van der Waals surface area contributed by atoms with Gasteiger partial charge in [-0.3, -0.25) is 0 Å². The maximum Gasteiger partial charge on any atom is 0.419 e. The van der Waals surface area contributed by atoms with E-state index in [1.165, 1.54) is 7.11 Å². The van der Waals surface area contributed by atoms with Crippen molar-refractivity contribution in [2.75, 3.05) is 13.7 Å². The van der Waals surface area contributed by atoms with Crippen LogP contribution in [-0.4, -0.2) is 47.9 Å². The first-order valence-corrected chi connectivity index (χ1v) is 8.73. The van der Waals surface area contributed by atoms with Crippen LogP contribution in [0.4, 0.5) is 9.59 Å². The summed E-state index contributed by atoms with van der Waals surface area (Å²) >= 11 is 0. The Morgan fingerprint density at radius 1 is 0.852 bits per heavy atom. The van der Waals surface area contributed by atoms with Gasteiger partial charge in [0, 0.05) is 6.54 Å². The van der Waals surface area contributed by atoms with E-state index in [-0.39, 0.29) is 6.54 Å². The highest BCUT2D eigenvalue weighted by atomic mass is 16.6. The zero-order valence-electron chi connectivity index (χ0n) is 17.1. The summed E-state index contributed by atoms with van der Waals surface area (Å²) in [5.74, 6) is -0.425. The summed E-state index contributed by atoms with van der Waals surface area (Å²) in [5, 5.41) is 0. The van der Waals surface area contributed by atoms with Crippen LogP contribution in [0.3, 0.4) is 0 Å². The van der Waals surface area contributed by atoms with E-state index in [9.17, 15) is 14.4 Å². The summed E-state index contributed by atoms with van der Waals surface area (Å²) in [5.41, 5.74) is -0.198. The van der Waals surface area contributed by atoms with Crippen molar-refractivity contribution < 1.29 is 28.6 Å². The van der Waals surface area contributed by atoms with Gasteiger partial charge < -0.3 is 14.2 Å². The van der Waals surface area contributed by atoms with Crippen molar-refractivity contribution in [3.05, 3.63) is 35.4 Å². The average molecular weight is 379 g/mol. The molecular formula is C20H29NO6. The summed E-state index contributed by atoms with van der Waals surface area (Å²) in [6.45, 7) is 10.4. The van der Waals surface area contributed by atoms with E-state index in [0.717, 1.165) is 10.5 Å². The van der Waals surface area contributed by atoms with E-state index in [1.54, 1.807) is 65.8 Å². The molecule has 0 radical (unpaired) electrons. The summed E-state index contributed by atoms with van der Waals surface area (Å²) in [4.78, 5) is 37.3. The number of imide groups is 1. The van der Waals surface area contributed by atoms with Gasteiger partial charge in [0.05, 0.1) is 12.7 Å². The maximum atomic E-state index is 12.4. The van der Waals surface area contributed by atoms with Gasteiger partial charge in [0.2, 0.25) is 0 Å². The molecule has 2 amide bonds. The Bertz CT molecular complexity index is 639. The molecule has 0 aliphatic carbocycles. The molecule has 7 heteroatoms. The molecule has 0 aromatic heterocycles. The molecule has 1 aromatic carbocycles. The van der Waals surface area contributed by atoms with Crippen LogP contribution in [-0.2, 0) is 20.6 Å². The van der Waals surface area contributed by atoms with Crippen LogP contribution < -0.4 is 0 Å². The zero-order valence-corrected chi connectivity index (χ0v) is 17.1. The number of amides is 2. The molecule has 0 aliphatic heterocycles. The molecule has 0 bridgehead atoms. The quantitative estimate of drug-likeness (QED) is 0.576. The van der Waals surface area contributed by atoms with Gasteiger partial charge in [-0.1, -0.05) is 12.1 Å². The fraction of sp³-hybridized carbons (Fsp3) is 0.550. The van der Waals surface area contributed by atoms with Crippen molar-refractivity contribution in [1.29, 1.82) is 0 Å². The Kier molecular flexibility index (Phi) is 7.39. The van der Waals surface area contributed by atoms with Gasteiger partial charge in [0.1, 0.15) is 11.2 Å². The van der Waals surface area contributed by atoms with Gasteiger partial charge >= 0.3 is 18.2 Å². The molecule has 27 heavy (non-hydrogen) atoms. The van der Waals surface area contributed by atoms with Gasteiger partial charge in [0.15, 0.2) is 0 Å². The molecule has 0 saturated heterocycles. The molecule has 0 fully saturated rings. The fourth-order valence-corrected chi connectivity index (χ4v) is 2.06. The minimum atomic E-state index is -0.761. The second kappa shape index (κ2) is 8.88. The number of nitrogens with zero attached hydrogens (tertiary/aromatic N) is 1. The van der Waals surface area contributed by atoms with Crippen LogP contribution in [0.5, 0.6) is 0 Å². The lowest BCUT2D eigenvalue weighted by Gasteiger charge is -2.28. The molecule has 7 nitrogen and oxygen atoms in total. The third kappa shape index (κ3) is 8.11. The van der Waals surface area contributed by atoms with Crippen molar-refractivity contribution in [3.63, 3.8) is 0 Å². The number of carbonyl (C=O) groups is 3. The molecule has 150 valence electrons. The smallest absolute Gasteiger partial charge is 0.419 e. The lowest BCUT2D eigenvalue weighted by Crippen LogP contribution is -2.44. The van der Waals surface area contributed by atoms with E-state index in [2.05, 4.69) is 4.74 Å². The van der Waals surface area contributed by atoms with Gasteiger partial charge in [-0.05, 0) is 65.7 Å². The first kappa shape index (κ1) is 22.5. The molecule has 0 atom stereocenters. The highest BCUT2D eigenvalue weighted by molar-refractivity contribution is 5.89. The molecule has 0 N–H and O–H groups in total. The van der Waals surface area contributed by atoms with Crippen molar-refractivity contribution in [2.24, 2.45) is 0 Å². The molecule has 0 unspecified atom stereocenters. The van der Waals surface area contributed by atoms with E-state index < -0.39 is 29.4 Å². The molecule has 0 spiro atoms. The number of carbonyl (C=O) groups excluding carboxylic acids is 3. The second-order valence-electron chi connectivity index (χ2n) is 8.05.